The topological polar surface area (TPSA) is 75.4 Å². The lowest BCUT2D eigenvalue weighted by molar-refractivity contribution is -0.385. The molecule has 1 aliphatic carbocycles. The monoisotopic (exact) mass is 314 g/mol. The van der Waals surface area contributed by atoms with Gasteiger partial charge in [-0.15, -0.1) is 0 Å². The molecule has 98 valence electrons. The van der Waals surface area contributed by atoms with E-state index >= 15 is 0 Å². The van der Waals surface area contributed by atoms with Crippen molar-refractivity contribution in [2.24, 2.45) is 5.92 Å². The molecule has 0 radical (unpaired) electrons. The standard InChI is InChI=1S/C12H15BrN2O3/c13-10-1-8(2-11(5-10)15(17)18)6-14-7-9-3-12(16)4-9/h1-2,5,9,12,14,16H,3-4,6-7H2. The van der Waals surface area contributed by atoms with Gasteiger partial charge in [-0.3, -0.25) is 10.1 Å². The summed E-state index contributed by atoms with van der Waals surface area (Å²) < 4.78 is 0.715. The van der Waals surface area contributed by atoms with E-state index in [9.17, 15) is 10.1 Å². The highest BCUT2D eigenvalue weighted by atomic mass is 79.9. The summed E-state index contributed by atoms with van der Waals surface area (Å²) in [6.45, 7) is 1.45. The maximum Gasteiger partial charge on any atom is 0.270 e. The third kappa shape index (κ3) is 3.51. The van der Waals surface area contributed by atoms with Crippen molar-refractivity contribution in [3.8, 4) is 0 Å². The summed E-state index contributed by atoms with van der Waals surface area (Å²) >= 11 is 3.27. The number of halogens is 1. The number of nitro benzene ring substituents is 1. The number of rotatable bonds is 5. The molecule has 1 fully saturated rings. The van der Waals surface area contributed by atoms with Crippen LogP contribution in [0.1, 0.15) is 18.4 Å². The second-order valence-corrected chi connectivity index (χ2v) is 5.61. The molecule has 2 rings (SSSR count). The van der Waals surface area contributed by atoms with Crippen LogP contribution in [0.5, 0.6) is 0 Å². The predicted molar refractivity (Wildman–Crippen MR) is 71.2 cm³/mol. The van der Waals surface area contributed by atoms with Gasteiger partial charge in [0, 0.05) is 23.2 Å². The fourth-order valence-electron chi connectivity index (χ4n) is 2.13. The Morgan fingerprint density at radius 2 is 2.17 bits per heavy atom. The number of hydrogen-bond acceptors (Lipinski definition) is 4. The van der Waals surface area contributed by atoms with E-state index < -0.39 is 4.92 Å². The van der Waals surface area contributed by atoms with Crippen LogP contribution in [-0.2, 0) is 6.54 Å². The number of hydrogen-bond donors (Lipinski definition) is 2. The summed E-state index contributed by atoms with van der Waals surface area (Å²) in [6, 6.07) is 4.94. The first-order valence-electron chi connectivity index (χ1n) is 5.87. The Hall–Kier alpha value is -0.980. The Morgan fingerprint density at radius 3 is 2.78 bits per heavy atom. The van der Waals surface area contributed by atoms with E-state index in [-0.39, 0.29) is 11.8 Å². The van der Waals surface area contributed by atoms with Crippen LogP contribution in [0.3, 0.4) is 0 Å². The maximum absolute atomic E-state index is 10.7. The van der Waals surface area contributed by atoms with Crippen molar-refractivity contribution < 1.29 is 10.0 Å². The summed E-state index contributed by atoms with van der Waals surface area (Å²) in [6.07, 6.45) is 1.57. The number of non-ortho nitro benzene ring substituents is 1. The molecule has 1 aliphatic rings. The highest BCUT2D eigenvalue weighted by Gasteiger charge is 2.26. The van der Waals surface area contributed by atoms with E-state index in [2.05, 4.69) is 21.2 Å². The summed E-state index contributed by atoms with van der Waals surface area (Å²) in [4.78, 5) is 10.3. The molecule has 0 atom stereocenters. The molecule has 5 nitrogen and oxygen atoms in total. The fraction of sp³-hybridized carbons (Fsp3) is 0.500. The second kappa shape index (κ2) is 5.77. The third-order valence-corrected chi connectivity index (χ3v) is 3.58. The van der Waals surface area contributed by atoms with Crippen LogP contribution in [0.15, 0.2) is 22.7 Å². The number of aliphatic hydroxyl groups is 1. The molecule has 0 aromatic heterocycles. The first kappa shape index (κ1) is 13.5. The molecule has 0 unspecified atom stereocenters. The molecular formula is C12H15BrN2O3. The Morgan fingerprint density at radius 1 is 1.44 bits per heavy atom. The maximum atomic E-state index is 10.7. The van der Waals surface area contributed by atoms with E-state index in [0.29, 0.717) is 16.9 Å². The average Bonchev–Trinajstić information content (AvgIpc) is 2.25. The van der Waals surface area contributed by atoms with E-state index in [0.717, 1.165) is 24.9 Å². The van der Waals surface area contributed by atoms with Gasteiger partial charge in [0.2, 0.25) is 0 Å². The second-order valence-electron chi connectivity index (χ2n) is 4.70. The van der Waals surface area contributed by atoms with E-state index in [1.807, 2.05) is 6.07 Å². The lowest BCUT2D eigenvalue weighted by Gasteiger charge is -2.31. The molecule has 6 heteroatoms. The highest BCUT2D eigenvalue weighted by Crippen LogP contribution is 2.26. The molecule has 0 heterocycles. The van der Waals surface area contributed by atoms with Crippen molar-refractivity contribution in [1.29, 1.82) is 0 Å². The normalized spacial score (nSPS) is 22.6. The SMILES string of the molecule is O=[N+]([O-])c1cc(Br)cc(CNCC2CC(O)C2)c1. The zero-order valence-electron chi connectivity index (χ0n) is 9.80. The number of nitrogens with one attached hydrogen (secondary N) is 1. The van der Waals surface area contributed by atoms with Crippen molar-refractivity contribution in [1.82, 2.24) is 5.32 Å². The first-order chi connectivity index (χ1) is 8.54. The van der Waals surface area contributed by atoms with Gasteiger partial charge in [0.25, 0.3) is 5.69 Å². The molecule has 1 aromatic carbocycles. The first-order valence-corrected chi connectivity index (χ1v) is 6.66. The summed E-state index contributed by atoms with van der Waals surface area (Å²) in [5.41, 5.74) is 0.983. The smallest absolute Gasteiger partial charge is 0.270 e. The lowest BCUT2D eigenvalue weighted by Crippen LogP contribution is -2.35. The van der Waals surface area contributed by atoms with Gasteiger partial charge in [0.1, 0.15) is 0 Å². The van der Waals surface area contributed by atoms with E-state index in [1.54, 1.807) is 6.07 Å². The Labute approximate surface area is 113 Å². The van der Waals surface area contributed by atoms with Crippen molar-refractivity contribution in [3.05, 3.63) is 38.3 Å². The predicted octanol–water partition coefficient (Wildman–Crippen LogP) is 2.22. The summed E-state index contributed by atoms with van der Waals surface area (Å²) in [5.74, 6) is 0.530. The van der Waals surface area contributed by atoms with Crippen LogP contribution in [0.4, 0.5) is 5.69 Å². The quantitative estimate of drug-likeness (QED) is 0.645. The van der Waals surface area contributed by atoms with Gasteiger partial charge < -0.3 is 10.4 Å². The Balaban J connectivity index is 1.86. The van der Waals surface area contributed by atoms with Crippen LogP contribution < -0.4 is 5.32 Å². The van der Waals surface area contributed by atoms with Gasteiger partial charge in [-0.05, 0) is 36.9 Å². The molecule has 18 heavy (non-hydrogen) atoms. The summed E-state index contributed by atoms with van der Waals surface area (Å²) in [5, 5.41) is 23.1. The highest BCUT2D eigenvalue weighted by molar-refractivity contribution is 9.10. The molecule has 0 spiro atoms. The zero-order valence-corrected chi connectivity index (χ0v) is 11.4. The van der Waals surface area contributed by atoms with Crippen molar-refractivity contribution in [3.63, 3.8) is 0 Å². The van der Waals surface area contributed by atoms with Gasteiger partial charge in [-0.25, -0.2) is 0 Å². The molecule has 2 N–H and O–H groups in total. The molecule has 0 saturated heterocycles. The minimum Gasteiger partial charge on any atom is -0.393 e. The summed E-state index contributed by atoms with van der Waals surface area (Å²) in [7, 11) is 0. The van der Waals surface area contributed by atoms with Gasteiger partial charge in [-0.2, -0.15) is 0 Å². The number of aliphatic hydroxyl groups excluding tert-OH is 1. The minimum absolute atomic E-state index is 0.0974. The van der Waals surface area contributed by atoms with E-state index in [4.69, 9.17) is 5.11 Å². The van der Waals surface area contributed by atoms with Gasteiger partial charge >= 0.3 is 0 Å². The van der Waals surface area contributed by atoms with Crippen molar-refractivity contribution in [2.45, 2.75) is 25.5 Å². The fourth-order valence-corrected chi connectivity index (χ4v) is 2.66. The molecular weight excluding hydrogens is 300 g/mol. The van der Waals surface area contributed by atoms with Gasteiger partial charge in [0.15, 0.2) is 0 Å². The van der Waals surface area contributed by atoms with Gasteiger partial charge in [0.05, 0.1) is 11.0 Å². The van der Waals surface area contributed by atoms with Crippen LogP contribution in [-0.4, -0.2) is 22.7 Å². The third-order valence-electron chi connectivity index (χ3n) is 3.13. The number of benzene rings is 1. The van der Waals surface area contributed by atoms with Crippen LogP contribution >= 0.6 is 15.9 Å². The molecule has 0 aliphatic heterocycles. The Bertz CT molecular complexity index is 447. The minimum atomic E-state index is -0.392. The lowest BCUT2D eigenvalue weighted by atomic mass is 9.82. The molecule has 0 bridgehead atoms. The number of nitrogens with zero attached hydrogens (tertiary/aromatic N) is 1. The Kier molecular flexibility index (Phi) is 4.31. The van der Waals surface area contributed by atoms with Crippen LogP contribution in [0.25, 0.3) is 0 Å². The molecule has 1 saturated carbocycles. The van der Waals surface area contributed by atoms with Gasteiger partial charge in [-0.1, -0.05) is 15.9 Å². The number of nitro groups is 1. The van der Waals surface area contributed by atoms with Crippen LogP contribution in [0, 0.1) is 16.0 Å². The van der Waals surface area contributed by atoms with Crippen molar-refractivity contribution in [2.75, 3.05) is 6.54 Å². The molecule has 1 aromatic rings. The van der Waals surface area contributed by atoms with E-state index in [1.165, 1.54) is 6.07 Å². The zero-order chi connectivity index (χ0) is 13.1. The largest absolute Gasteiger partial charge is 0.393 e. The van der Waals surface area contributed by atoms with Crippen molar-refractivity contribution >= 4 is 21.6 Å². The average molecular weight is 315 g/mol. The van der Waals surface area contributed by atoms with Crippen LogP contribution in [0.2, 0.25) is 0 Å². The molecule has 0 amide bonds.